The monoisotopic (exact) mass is 404 g/mol. The van der Waals surface area contributed by atoms with Gasteiger partial charge in [-0.1, -0.05) is 24.3 Å². The molecule has 0 bridgehead atoms. The van der Waals surface area contributed by atoms with Gasteiger partial charge in [-0.25, -0.2) is 8.78 Å². The van der Waals surface area contributed by atoms with E-state index in [1.807, 2.05) is 24.3 Å². The highest BCUT2D eigenvalue weighted by Gasteiger charge is 2.21. The van der Waals surface area contributed by atoms with Crippen LogP contribution in [-0.4, -0.2) is 62.2 Å². The normalized spacial score (nSPS) is 15.0. The summed E-state index contributed by atoms with van der Waals surface area (Å²) in [5.41, 5.74) is 1.77. The molecule has 3 rings (SSSR count). The van der Waals surface area contributed by atoms with Crippen molar-refractivity contribution in [2.24, 2.45) is 4.99 Å². The summed E-state index contributed by atoms with van der Waals surface area (Å²) in [6.45, 7) is 2.99. The van der Waals surface area contributed by atoms with Crippen molar-refractivity contribution in [1.82, 2.24) is 10.2 Å². The number of nitrogens with zero attached hydrogens (tertiary/aromatic N) is 3. The van der Waals surface area contributed by atoms with Crippen molar-refractivity contribution in [1.29, 1.82) is 0 Å². The molecule has 29 heavy (non-hydrogen) atoms. The zero-order valence-electron chi connectivity index (χ0n) is 16.4. The van der Waals surface area contributed by atoms with Crippen LogP contribution in [-0.2, 0) is 6.54 Å². The van der Waals surface area contributed by atoms with E-state index < -0.39 is 13.0 Å². The van der Waals surface area contributed by atoms with Crippen LogP contribution < -0.4 is 15.0 Å². The van der Waals surface area contributed by atoms with E-state index in [0.29, 0.717) is 12.3 Å². The second-order valence-electron chi connectivity index (χ2n) is 6.71. The molecule has 1 aliphatic heterocycles. The molecule has 1 aliphatic rings. The lowest BCUT2D eigenvalue weighted by Crippen LogP contribution is -2.52. The van der Waals surface area contributed by atoms with Gasteiger partial charge in [0.25, 0.3) is 6.43 Å². The first-order chi connectivity index (χ1) is 14.1. The Morgan fingerprint density at radius 1 is 1.14 bits per heavy atom. The molecule has 0 unspecified atom stereocenters. The highest BCUT2D eigenvalue weighted by molar-refractivity contribution is 5.80. The standard InChI is InChI=1S/C21H26F2N4O2/c1-24-21(25-14-16-5-4-6-17(13-16)29-15-20(22)23)27-11-9-26(10-12-27)18-7-2-3-8-19(18)28/h2-8,13,20,28H,9-12,14-15H2,1H3,(H,24,25). The van der Waals surface area contributed by atoms with Crippen LogP contribution in [0.5, 0.6) is 11.5 Å². The van der Waals surface area contributed by atoms with E-state index >= 15 is 0 Å². The molecule has 1 fully saturated rings. The molecule has 1 saturated heterocycles. The molecule has 0 spiro atoms. The fraction of sp³-hybridized carbons (Fsp3) is 0.381. The van der Waals surface area contributed by atoms with Crippen LogP contribution >= 0.6 is 0 Å². The molecule has 0 radical (unpaired) electrons. The van der Waals surface area contributed by atoms with E-state index in [4.69, 9.17) is 4.74 Å². The smallest absolute Gasteiger partial charge is 0.272 e. The van der Waals surface area contributed by atoms with Gasteiger partial charge in [0.2, 0.25) is 0 Å². The van der Waals surface area contributed by atoms with Gasteiger partial charge in [-0.3, -0.25) is 4.99 Å². The molecule has 1 heterocycles. The SMILES string of the molecule is CN=C(NCc1cccc(OCC(F)F)c1)N1CCN(c2ccccc2O)CC1. The summed E-state index contributed by atoms with van der Waals surface area (Å²) in [6, 6.07) is 14.5. The lowest BCUT2D eigenvalue weighted by Gasteiger charge is -2.37. The van der Waals surface area contributed by atoms with E-state index in [2.05, 4.69) is 20.1 Å². The van der Waals surface area contributed by atoms with Crippen molar-refractivity contribution < 1.29 is 18.6 Å². The average Bonchev–Trinajstić information content (AvgIpc) is 2.74. The zero-order chi connectivity index (χ0) is 20.6. The molecule has 156 valence electrons. The number of aliphatic imine (C=N–C) groups is 1. The van der Waals surface area contributed by atoms with Crippen molar-refractivity contribution in [3.8, 4) is 11.5 Å². The lowest BCUT2D eigenvalue weighted by atomic mass is 10.2. The second kappa shape index (κ2) is 9.95. The molecule has 8 heteroatoms. The second-order valence-corrected chi connectivity index (χ2v) is 6.71. The van der Waals surface area contributed by atoms with E-state index in [9.17, 15) is 13.9 Å². The molecule has 0 amide bonds. The van der Waals surface area contributed by atoms with Crippen molar-refractivity contribution >= 4 is 11.6 Å². The molecule has 2 aromatic rings. The number of para-hydroxylation sites is 2. The Labute approximate surface area is 169 Å². The summed E-state index contributed by atoms with van der Waals surface area (Å²) in [5.74, 6) is 1.49. The summed E-state index contributed by atoms with van der Waals surface area (Å²) < 4.78 is 29.7. The Morgan fingerprint density at radius 3 is 2.59 bits per heavy atom. The third-order valence-corrected chi connectivity index (χ3v) is 4.74. The van der Waals surface area contributed by atoms with Gasteiger partial charge in [0, 0.05) is 39.8 Å². The van der Waals surface area contributed by atoms with Gasteiger partial charge in [0.05, 0.1) is 5.69 Å². The minimum Gasteiger partial charge on any atom is -0.506 e. The van der Waals surface area contributed by atoms with Crippen molar-refractivity contribution in [2.45, 2.75) is 13.0 Å². The van der Waals surface area contributed by atoms with E-state index in [-0.39, 0.29) is 5.75 Å². The zero-order valence-corrected chi connectivity index (χ0v) is 16.4. The van der Waals surface area contributed by atoms with E-state index in [1.54, 1.807) is 31.3 Å². The van der Waals surface area contributed by atoms with Crippen LogP contribution in [0, 0.1) is 0 Å². The third-order valence-electron chi connectivity index (χ3n) is 4.74. The summed E-state index contributed by atoms with van der Waals surface area (Å²) in [4.78, 5) is 8.67. The van der Waals surface area contributed by atoms with E-state index in [1.165, 1.54) is 0 Å². The molecule has 2 N–H and O–H groups in total. The Kier molecular flexibility index (Phi) is 7.10. The molecular formula is C21H26F2N4O2. The average molecular weight is 404 g/mol. The maximum absolute atomic E-state index is 12.3. The molecule has 6 nitrogen and oxygen atoms in total. The molecule has 2 aromatic carbocycles. The Balaban J connectivity index is 1.53. The van der Waals surface area contributed by atoms with Gasteiger partial charge in [0.1, 0.15) is 18.1 Å². The van der Waals surface area contributed by atoms with Gasteiger partial charge in [-0.05, 0) is 29.8 Å². The number of ether oxygens (including phenoxy) is 1. The lowest BCUT2D eigenvalue weighted by molar-refractivity contribution is 0.0818. The number of aromatic hydroxyl groups is 1. The number of phenols is 1. The number of phenolic OH excluding ortho intramolecular Hbond substituents is 1. The van der Waals surface area contributed by atoms with Crippen molar-refractivity contribution in [2.75, 3.05) is 44.7 Å². The van der Waals surface area contributed by atoms with Gasteiger partial charge in [-0.15, -0.1) is 0 Å². The number of guanidine groups is 1. The molecular weight excluding hydrogens is 378 g/mol. The molecule has 0 atom stereocenters. The predicted molar refractivity (Wildman–Crippen MR) is 110 cm³/mol. The number of alkyl halides is 2. The quantitative estimate of drug-likeness (QED) is 0.573. The maximum atomic E-state index is 12.3. The first-order valence-electron chi connectivity index (χ1n) is 9.55. The van der Waals surface area contributed by atoms with Crippen LogP contribution in [0.15, 0.2) is 53.5 Å². The molecule has 0 saturated carbocycles. The van der Waals surface area contributed by atoms with E-state index in [0.717, 1.165) is 43.4 Å². The summed E-state index contributed by atoms with van der Waals surface area (Å²) in [7, 11) is 1.74. The minimum absolute atomic E-state index is 0.289. The van der Waals surface area contributed by atoms with Gasteiger partial charge in [-0.2, -0.15) is 0 Å². The number of rotatable bonds is 6. The van der Waals surface area contributed by atoms with Crippen LogP contribution in [0.3, 0.4) is 0 Å². The summed E-state index contributed by atoms with van der Waals surface area (Å²) in [5, 5.41) is 13.4. The van der Waals surface area contributed by atoms with Gasteiger partial charge < -0.3 is 25.0 Å². The van der Waals surface area contributed by atoms with Crippen LogP contribution in [0.1, 0.15) is 5.56 Å². The number of hydrogen-bond donors (Lipinski definition) is 2. The fourth-order valence-electron chi connectivity index (χ4n) is 3.31. The van der Waals surface area contributed by atoms with Crippen molar-refractivity contribution in [3.05, 3.63) is 54.1 Å². The van der Waals surface area contributed by atoms with Crippen molar-refractivity contribution in [3.63, 3.8) is 0 Å². The highest BCUT2D eigenvalue weighted by Crippen LogP contribution is 2.27. The number of benzene rings is 2. The van der Waals surface area contributed by atoms with Crippen LogP contribution in [0.2, 0.25) is 0 Å². The van der Waals surface area contributed by atoms with Gasteiger partial charge in [0.15, 0.2) is 5.96 Å². The van der Waals surface area contributed by atoms with Crippen LogP contribution in [0.4, 0.5) is 14.5 Å². The first-order valence-corrected chi connectivity index (χ1v) is 9.55. The molecule has 0 aliphatic carbocycles. The minimum atomic E-state index is -2.49. The predicted octanol–water partition coefficient (Wildman–Crippen LogP) is 2.93. The molecule has 0 aromatic heterocycles. The Hall–Kier alpha value is -3.03. The Bertz CT molecular complexity index is 824. The number of halogens is 2. The largest absolute Gasteiger partial charge is 0.506 e. The maximum Gasteiger partial charge on any atom is 0.272 e. The topological polar surface area (TPSA) is 60.3 Å². The highest BCUT2D eigenvalue weighted by atomic mass is 19.3. The summed E-state index contributed by atoms with van der Waals surface area (Å²) in [6.07, 6.45) is -2.49. The third kappa shape index (κ3) is 5.73. The number of nitrogens with one attached hydrogen (secondary N) is 1. The number of piperazine rings is 1. The summed E-state index contributed by atoms with van der Waals surface area (Å²) >= 11 is 0. The van der Waals surface area contributed by atoms with Crippen LogP contribution in [0.25, 0.3) is 0 Å². The first kappa shape index (κ1) is 20.7. The number of anilines is 1. The Morgan fingerprint density at radius 2 is 1.90 bits per heavy atom. The van der Waals surface area contributed by atoms with Gasteiger partial charge >= 0.3 is 0 Å². The number of hydrogen-bond acceptors (Lipinski definition) is 4. The fourth-order valence-corrected chi connectivity index (χ4v) is 3.31.